The molecule has 1 aliphatic heterocycles. The van der Waals surface area contributed by atoms with E-state index in [0.717, 1.165) is 22.0 Å². The molecule has 6 heteroatoms. The van der Waals surface area contributed by atoms with Gasteiger partial charge in [-0.1, -0.05) is 42.5 Å². The molecule has 0 unspecified atom stereocenters. The van der Waals surface area contributed by atoms with Crippen LogP contribution in [-0.4, -0.2) is 44.5 Å². The summed E-state index contributed by atoms with van der Waals surface area (Å²) in [6.07, 6.45) is 0.221. The van der Waals surface area contributed by atoms with Crippen molar-refractivity contribution in [2.45, 2.75) is 13.0 Å². The highest BCUT2D eigenvalue weighted by atomic mass is 16.5. The number of hydrogen-bond acceptors (Lipinski definition) is 4. The van der Waals surface area contributed by atoms with E-state index in [0.29, 0.717) is 24.6 Å². The highest BCUT2D eigenvalue weighted by molar-refractivity contribution is 6.06. The summed E-state index contributed by atoms with van der Waals surface area (Å²) in [5, 5.41) is 2.10. The van der Waals surface area contributed by atoms with Gasteiger partial charge in [0.1, 0.15) is 0 Å². The third-order valence-corrected chi connectivity index (χ3v) is 5.78. The molecule has 1 fully saturated rings. The van der Waals surface area contributed by atoms with Crippen molar-refractivity contribution in [1.29, 1.82) is 0 Å². The number of carbonyl (C=O) groups is 2. The van der Waals surface area contributed by atoms with Gasteiger partial charge < -0.3 is 19.3 Å². The van der Waals surface area contributed by atoms with E-state index < -0.39 is 0 Å². The molecule has 4 rings (SSSR count). The molecular formula is C25H26N2O4. The minimum Gasteiger partial charge on any atom is -0.493 e. The van der Waals surface area contributed by atoms with E-state index in [4.69, 9.17) is 9.47 Å². The first-order valence-corrected chi connectivity index (χ1v) is 10.3. The van der Waals surface area contributed by atoms with Crippen molar-refractivity contribution >= 4 is 28.3 Å². The molecule has 6 nitrogen and oxygen atoms in total. The molecular weight excluding hydrogens is 392 g/mol. The average Bonchev–Trinajstić information content (AvgIpc) is 3.19. The number of amides is 2. The number of anilines is 1. The molecule has 1 heterocycles. The molecule has 0 radical (unpaired) electrons. The Hall–Kier alpha value is -3.54. The van der Waals surface area contributed by atoms with E-state index in [2.05, 4.69) is 0 Å². The molecule has 0 aliphatic carbocycles. The number of benzene rings is 3. The molecule has 3 aromatic carbocycles. The highest BCUT2D eigenvalue weighted by Crippen LogP contribution is 2.33. The first-order valence-electron chi connectivity index (χ1n) is 10.3. The van der Waals surface area contributed by atoms with Crippen molar-refractivity contribution in [3.05, 3.63) is 66.2 Å². The number of rotatable bonds is 6. The van der Waals surface area contributed by atoms with E-state index in [1.807, 2.05) is 60.7 Å². The number of fused-ring (bicyclic) bond motifs is 1. The van der Waals surface area contributed by atoms with Gasteiger partial charge in [-0.15, -0.1) is 0 Å². The lowest BCUT2D eigenvalue weighted by molar-refractivity contribution is -0.135. The first-order chi connectivity index (χ1) is 15.0. The second kappa shape index (κ2) is 8.68. The molecule has 1 saturated heterocycles. The number of hydrogen-bond donors (Lipinski definition) is 0. The van der Waals surface area contributed by atoms with Crippen LogP contribution in [0.3, 0.4) is 0 Å². The average molecular weight is 418 g/mol. The highest BCUT2D eigenvalue weighted by Gasteiger charge is 2.37. The minimum absolute atomic E-state index is 0.0192. The zero-order chi connectivity index (χ0) is 22.0. The summed E-state index contributed by atoms with van der Waals surface area (Å²) < 4.78 is 10.6. The first kappa shape index (κ1) is 20.7. The summed E-state index contributed by atoms with van der Waals surface area (Å²) >= 11 is 0. The van der Waals surface area contributed by atoms with Gasteiger partial charge in [-0.3, -0.25) is 9.59 Å². The molecule has 2 amide bonds. The van der Waals surface area contributed by atoms with Crippen molar-refractivity contribution in [2.75, 3.05) is 32.7 Å². The molecule has 3 aromatic rings. The fourth-order valence-corrected chi connectivity index (χ4v) is 4.19. The van der Waals surface area contributed by atoms with E-state index in [9.17, 15) is 9.59 Å². The molecule has 0 saturated carbocycles. The zero-order valence-corrected chi connectivity index (χ0v) is 18.0. The van der Waals surface area contributed by atoms with Gasteiger partial charge in [0.2, 0.25) is 11.8 Å². The van der Waals surface area contributed by atoms with Gasteiger partial charge in [-0.05, 0) is 29.1 Å². The molecule has 1 aliphatic rings. The summed E-state index contributed by atoms with van der Waals surface area (Å²) in [6, 6.07) is 19.5. The van der Waals surface area contributed by atoms with Gasteiger partial charge >= 0.3 is 0 Å². The van der Waals surface area contributed by atoms with Crippen molar-refractivity contribution in [3.8, 4) is 11.5 Å². The van der Waals surface area contributed by atoms with Crippen molar-refractivity contribution < 1.29 is 19.1 Å². The normalized spacial score (nSPS) is 15.9. The standard InChI is InChI=1S/C25H26N2O4/c1-26(15-17-11-12-22(30-2)23(13-17)31-3)25(29)19-14-24(28)27(16-19)21-10-6-8-18-7-4-5-9-20(18)21/h4-13,19H,14-16H2,1-3H3/t19-/m1/s1. The Kier molecular flexibility index (Phi) is 5.80. The maximum atomic E-state index is 13.1. The molecule has 0 bridgehead atoms. The van der Waals surface area contributed by atoms with Gasteiger partial charge in [0, 0.05) is 31.9 Å². The Bertz CT molecular complexity index is 1120. The van der Waals surface area contributed by atoms with E-state index in [1.54, 1.807) is 31.1 Å². The van der Waals surface area contributed by atoms with Crippen LogP contribution >= 0.6 is 0 Å². The molecule has 0 aromatic heterocycles. The third kappa shape index (κ3) is 4.06. The Balaban J connectivity index is 1.49. The predicted molar refractivity (Wildman–Crippen MR) is 120 cm³/mol. The number of carbonyl (C=O) groups excluding carboxylic acids is 2. The van der Waals surface area contributed by atoms with Gasteiger partial charge in [0.15, 0.2) is 11.5 Å². The monoisotopic (exact) mass is 418 g/mol. The molecule has 0 spiro atoms. The predicted octanol–water partition coefficient (Wildman–Crippen LogP) is 3.87. The van der Waals surface area contributed by atoms with E-state index in [-0.39, 0.29) is 24.2 Å². The third-order valence-electron chi connectivity index (χ3n) is 5.78. The molecule has 0 N–H and O–H groups in total. The smallest absolute Gasteiger partial charge is 0.228 e. The lowest BCUT2D eigenvalue weighted by atomic mass is 10.1. The summed E-state index contributed by atoms with van der Waals surface area (Å²) in [6.45, 7) is 0.820. The second-order valence-electron chi connectivity index (χ2n) is 7.79. The second-order valence-corrected chi connectivity index (χ2v) is 7.79. The number of methoxy groups -OCH3 is 2. The Morgan fingerprint density at radius 2 is 1.77 bits per heavy atom. The van der Waals surface area contributed by atoms with Gasteiger partial charge in [0.05, 0.1) is 25.8 Å². The quantitative estimate of drug-likeness (QED) is 0.610. The summed E-state index contributed by atoms with van der Waals surface area (Å²) in [5.41, 5.74) is 1.80. The van der Waals surface area contributed by atoms with Gasteiger partial charge in [0.25, 0.3) is 0 Å². The van der Waals surface area contributed by atoms with Crippen LogP contribution in [0.25, 0.3) is 10.8 Å². The van der Waals surface area contributed by atoms with Crippen LogP contribution < -0.4 is 14.4 Å². The minimum atomic E-state index is -0.364. The van der Waals surface area contributed by atoms with Gasteiger partial charge in [-0.2, -0.15) is 0 Å². The molecule has 31 heavy (non-hydrogen) atoms. The Morgan fingerprint density at radius 3 is 2.55 bits per heavy atom. The SMILES string of the molecule is COc1ccc(CN(C)C(=O)[C@@H]2CC(=O)N(c3cccc4ccccc34)C2)cc1OC. The van der Waals surface area contributed by atoms with Crippen molar-refractivity contribution in [2.24, 2.45) is 5.92 Å². The van der Waals surface area contributed by atoms with Crippen molar-refractivity contribution in [1.82, 2.24) is 4.90 Å². The van der Waals surface area contributed by atoms with E-state index >= 15 is 0 Å². The van der Waals surface area contributed by atoms with Crippen LogP contribution in [0.1, 0.15) is 12.0 Å². The van der Waals surface area contributed by atoms with Crippen LogP contribution in [0.5, 0.6) is 11.5 Å². The maximum absolute atomic E-state index is 13.1. The van der Waals surface area contributed by atoms with Crippen LogP contribution in [0.2, 0.25) is 0 Å². The van der Waals surface area contributed by atoms with Crippen LogP contribution in [0.4, 0.5) is 5.69 Å². The lowest BCUT2D eigenvalue weighted by Gasteiger charge is -2.22. The maximum Gasteiger partial charge on any atom is 0.228 e. The summed E-state index contributed by atoms with van der Waals surface area (Å²) in [7, 11) is 4.94. The zero-order valence-electron chi connectivity index (χ0n) is 18.0. The number of ether oxygens (including phenoxy) is 2. The fourth-order valence-electron chi connectivity index (χ4n) is 4.19. The Labute approximate surface area is 182 Å². The van der Waals surface area contributed by atoms with Crippen LogP contribution in [-0.2, 0) is 16.1 Å². The molecule has 1 atom stereocenters. The largest absolute Gasteiger partial charge is 0.493 e. The Morgan fingerprint density at radius 1 is 1.03 bits per heavy atom. The number of nitrogens with zero attached hydrogens (tertiary/aromatic N) is 2. The summed E-state index contributed by atoms with van der Waals surface area (Å²) in [5.74, 6) is 0.850. The summed E-state index contributed by atoms with van der Waals surface area (Å²) in [4.78, 5) is 29.3. The fraction of sp³-hybridized carbons (Fsp3) is 0.280. The topological polar surface area (TPSA) is 59.1 Å². The molecule has 160 valence electrons. The van der Waals surface area contributed by atoms with Gasteiger partial charge in [-0.25, -0.2) is 0 Å². The lowest BCUT2D eigenvalue weighted by Crippen LogP contribution is -2.34. The van der Waals surface area contributed by atoms with E-state index in [1.165, 1.54) is 0 Å². The van der Waals surface area contributed by atoms with Crippen molar-refractivity contribution in [3.63, 3.8) is 0 Å². The van der Waals surface area contributed by atoms with Crippen LogP contribution in [0, 0.1) is 5.92 Å². The van der Waals surface area contributed by atoms with Crippen LogP contribution in [0.15, 0.2) is 60.7 Å².